The Labute approximate surface area is 425 Å². The summed E-state index contributed by atoms with van der Waals surface area (Å²) in [7, 11) is 1.25. The fourth-order valence-corrected chi connectivity index (χ4v) is 8.13. The Bertz CT molecular complexity index is 1490. The van der Waals surface area contributed by atoms with Gasteiger partial charge < -0.3 is 28.8 Å². The second-order valence-electron chi connectivity index (χ2n) is 19.6. The molecule has 9 heteroatoms. The Hall–Kier alpha value is -2.84. The molecule has 0 aliphatic heterocycles. The average molecular weight is 981 g/mol. The zero-order chi connectivity index (χ0) is 50.6. The van der Waals surface area contributed by atoms with Crippen molar-refractivity contribution in [3.8, 4) is 0 Å². The van der Waals surface area contributed by atoms with Gasteiger partial charge in [-0.2, -0.15) is 0 Å². The van der Waals surface area contributed by atoms with Crippen LogP contribution in [0.15, 0.2) is 109 Å². The number of aliphatic hydroxyl groups excluding tert-OH is 1. The van der Waals surface area contributed by atoms with Crippen molar-refractivity contribution >= 4 is 13.7 Å². The Balaban J connectivity index is 4.04. The van der Waals surface area contributed by atoms with E-state index >= 15 is 0 Å². The highest BCUT2D eigenvalue weighted by molar-refractivity contribution is 7.45. The van der Waals surface area contributed by atoms with E-state index in [2.05, 4.69) is 116 Å². The van der Waals surface area contributed by atoms with E-state index in [1.807, 2.05) is 27.2 Å². The lowest BCUT2D eigenvalue weighted by molar-refractivity contribution is -0.870. The minimum Gasteiger partial charge on any atom is -0.756 e. The molecule has 3 atom stereocenters. The summed E-state index contributed by atoms with van der Waals surface area (Å²) in [5.41, 5.74) is 0. The van der Waals surface area contributed by atoms with Crippen molar-refractivity contribution in [2.45, 2.75) is 225 Å². The highest BCUT2D eigenvalue weighted by Crippen LogP contribution is 2.38. The number of allylic oxidation sites excluding steroid dienone is 17. The molecule has 0 radical (unpaired) electrons. The fraction of sp³-hybridized carbons (Fsp3) is 0.683. The normalized spacial score (nSPS) is 14.8. The summed E-state index contributed by atoms with van der Waals surface area (Å²) in [4.78, 5) is 25.4. The quantitative estimate of drug-likeness (QED) is 0.0272. The molecule has 1 amide bonds. The maximum atomic E-state index is 12.9. The second kappa shape index (κ2) is 50.1. The second-order valence-corrected chi connectivity index (χ2v) is 21.0. The number of hydrogen-bond acceptors (Lipinski definition) is 6. The van der Waals surface area contributed by atoms with Gasteiger partial charge in [-0.05, 0) is 83.5 Å². The SMILES string of the molecule is CC/C=C\C/C=C\C/C=C\C/C=C\C/C=C\C/C=C\C/C=C\C/C=C\CCCCCCCCCCCCCCC(=O)NC(COP(=O)([O-])OCC[N+](C)(C)C)C(O)/C=C/CCCCCCCCCC. The standard InChI is InChI=1S/C60H105N2O6P/c1-6-8-10-12-14-16-18-19-20-21-22-23-24-25-26-27-28-29-30-31-32-33-34-35-36-37-38-39-40-41-42-43-44-46-48-50-52-54-60(64)61-58(57-68-69(65,66)67-56-55-62(3,4)5)59(63)53-51-49-47-45-17-15-13-11-9-7-2/h8,10,14,16,19-20,22-23,25-26,28-29,31-32,34-35,51,53,58-59,63H,6-7,9,11-13,15,17-18,21,24,27,30,33,36-50,52,54-57H2,1-5H3,(H-,61,64,65,66)/b10-8-,16-14-,20-19-,23-22-,26-25-,29-28-,32-31-,35-34-,53-51+. The zero-order valence-corrected chi connectivity index (χ0v) is 45.9. The van der Waals surface area contributed by atoms with Crippen LogP contribution in [0.2, 0.25) is 0 Å². The van der Waals surface area contributed by atoms with E-state index in [1.54, 1.807) is 6.08 Å². The topological polar surface area (TPSA) is 108 Å². The monoisotopic (exact) mass is 981 g/mol. The number of likely N-dealkylation sites (N-methyl/N-ethyl adjacent to an activating group) is 1. The number of rotatable bonds is 49. The number of quaternary nitrogens is 1. The molecular weight excluding hydrogens is 876 g/mol. The molecule has 0 saturated carbocycles. The highest BCUT2D eigenvalue weighted by Gasteiger charge is 2.23. The molecule has 396 valence electrons. The van der Waals surface area contributed by atoms with E-state index in [4.69, 9.17) is 9.05 Å². The molecule has 0 spiro atoms. The lowest BCUT2D eigenvalue weighted by Crippen LogP contribution is -2.45. The van der Waals surface area contributed by atoms with Gasteiger partial charge in [0.2, 0.25) is 5.91 Å². The summed E-state index contributed by atoms with van der Waals surface area (Å²) in [5.74, 6) is -0.206. The summed E-state index contributed by atoms with van der Waals surface area (Å²) >= 11 is 0. The van der Waals surface area contributed by atoms with Crippen molar-refractivity contribution in [3.63, 3.8) is 0 Å². The molecule has 0 saturated heterocycles. The van der Waals surface area contributed by atoms with Crippen LogP contribution < -0.4 is 10.2 Å². The lowest BCUT2D eigenvalue weighted by atomic mass is 10.0. The van der Waals surface area contributed by atoms with Crippen molar-refractivity contribution in [3.05, 3.63) is 109 Å². The molecule has 0 rings (SSSR count). The van der Waals surface area contributed by atoms with Crippen LogP contribution in [-0.2, 0) is 18.4 Å². The van der Waals surface area contributed by atoms with Gasteiger partial charge in [0.05, 0.1) is 39.9 Å². The lowest BCUT2D eigenvalue weighted by Gasteiger charge is -2.29. The maximum absolute atomic E-state index is 12.9. The molecule has 0 aromatic carbocycles. The van der Waals surface area contributed by atoms with Crippen LogP contribution in [0.3, 0.4) is 0 Å². The van der Waals surface area contributed by atoms with Crippen molar-refractivity contribution in [1.82, 2.24) is 5.32 Å². The van der Waals surface area contributed by atoms with Crippen LogP contribution in [0.1, 0.15) is 213 Å². The fourth-order valence-electron chi connectivity index (χ4n) is 7.40. The van der Waals surface area contributed by atoms with Crippen LogP contribution >= 0.6 is 7.82 Å². The molecule has 69 heavy (non-hydrogen) atoms. The van der Waals surface area contributed by atoms with Gasteiger partial charge in [-0.15, -0.1) is 0 Å². The molecule has 0 bridgehead atoms. The molecule has 0 heterocycles. The molecular formula is C60H105N2O6P. The van der Waals surface area contributed by atoms with Crippen molar-refractivity contribution in [2.75, 3.05) is 40.9 Å². The Morgan fingerprint density at radius 3 is 1.29 bits per heavy atom. The predicted octanol–water partition coefficient (Wildman–Crippen LogP) is 16.2. The molecule has 0 aromatic rings. The summed E-state index contributed by atoms with van der Waals surface area (Å²) in [6.45, 7) is 4.49. The number of phosphoric ester groups is 1. The molecule has 2 N–H and O–H groups in total. The number of nitrogens with zero attached hydrogens (tertiary/aromatic N) is 1. The van der Waals surface area contributed by atoms with E-state index in [-0.39, 0.29) is 19.1 Å². The van der Waals surface area contributed by atoms with Crippen molar-refractivity contribution < 1.29 is 32.9 Å². The molecule has 0 aromatic heterocycles. The first-order chi connectivity index (χ1) is 33.5. The number of amides is 1. The van der Waals surface area contributed by atoms with Crippen LogP contribution in [-0.4, -0.2) is 68.5 Å². The molecule has 3 unspecified atom stereocenters. The van der Waals surface area contributed by atoms with Gasteiger partial charge in [0.15, 0.2) is 0 Å². The first kappa shape index (κ1) is 66.2. The third kappa shape index (κ3) is 52.8. The van der Waals surface area contributed by atoms with Crippen LogP contribution in [0.25, 0.3) is 0 Å². The van der Waals surface area contributed by atoms with Gasteiger partial charge >= 0.3 is 0 Å². The number of carbonyl (C=O) groups excluding carboxylic acids is 1. The number of aliphatic hydroxyl groups is 1. The summed E-state index contributed by atoms with van der Waals surface area (Å²) in [6, 6.07) is -0.892. The van der Waals surface area contributed by atoms with Crippen molar-refractivity contribution in [2.24, 2.45) is 0 Å². The molecule has 8 nitrogen and oxygen atoms in total. The van der Waals surface area contributed by atoms with Crippen LogP contribution in [0.5, 0.6) is 0 Å². The Morgan fingerprint density at radius 1 is 0.522 bits per heavy atom. The van der Waals surface area contributed by atoms with E-state index in [0.717, 1.165) is 89.9 Å². The smallest absolute Gasteiger partial charge is 0.268 e. The first-order valence-electron chi connectivity index (χ1n) is 27.7. The van der Waals surface area contributed by atoms with Crippen LogP contribution in [0.4, 0.5) is 0 Å². The van der Waals surface area contributed by atoms with Crippen molar-refractivity contribution in [1.29, 1.82) is 0 Å². The summed E-state index contributed by atoms with van der Waals surface area (Å²) < 4.78 is 23.2. The van der Waals surface area contributed by atoms with E-state index in [1.165, 1.54) is 103 Å². The third-order valence-corrected chi connectivity index (χ3v) is 12.7. The van der Waals surface area contributed by atoms with E-state index < -0.39 is 20.0 Å². The number of unbranched alkanes of at least 4 members (excludes halogenated alkanes) is 20. The largest absolute Gasteiger partial charge is 0.756 e. The van der Waals surface area contributed by atoms with Gasteiger partial charge in [0, 0.05) is 6.42 Å². The van der Waals surface area contributed by atoms with Crippen LogP contribution in [0, 0.1) is 0 Å². The Morgan fingerprint density at radius 2 is 0.884 bits per heavy atom. The van der Waals surface area contributed by atoms with Gasteiger partial charge in [0.25, 0.3) is 7.82 Å². The Kier molecular flexibility index (Phi) is 48.1. The molecule has 0 fully saturated rings. The summed E-state index contributed by atoms with van der Waals surface area (Å²) in [6.07, 6.45) is 73.1. The zero-order valence-electron chi connectivity index (χ0n) is 45.0. The van der Waals surface area contributed by atoms with E-state index in [0.29, 0.717) is 17.4 Å². The van der Waals surface area contributed by atoms with Gasteiger partial charge in [-0.25, -0.2) is 0 Å². The highest BCUT2D eigenvalue weighted by atomic mass is 31.2. The minimum absolute atomic E-state index is 0.00577. The third-order valence-electron chi connectivity index (χ3n) is 11.7. The number of phosphoric acid groups is 1. The molecule has 0 aliphatic rings. The minimum atomic E-state index is -4.59. The average Bonchev–Trinajstić information content (AvgIpc) is 3.31. The molecule has 0 aliphatic carbocycles. The predicted molar refractivity (Wildman–Crippen MR) is 297 cm³/mol. The number of hydrogen-bond donors (Lipinski definition) is 2. The number of nitrogens with one attached hydrogen (secondary N) is 1. The first-order valence-corrected chi connectivity index (χ1v) is 29.2. The van der Waals surface area contributed by atoms with Gasteiger partial charge in [-0.3, -0.25) is 9.36 Å². The van der Waals surface area contributed by atoms with Gasteiger partial charge in [0.1, 0.15) is 13.2 Å². The maximum Gasteiger partial charge on any atom is 0.268 e. The number of carbonyl (C=O) groups is 1. The van der Waals surface area contributed by atoms with E-state index in [9.17, 15) is 19.4 Å². The summed E-state index contributed by atoms with van der Waals surface area (Å²) in [5, 5.41) is 13.8. The van der Waals surface area contributed by atoms with Gasteiger partial charge in [-0.1, -0.05) is 232 Å².